The highest BCUT2D eigenvalue weighted by molar-refractivity contribution is 8.01. The van der Waals surface area contributed by atoms with Crippen molar-refractivity contribution in [1.29, 1.82) is 5.41 Å². The average Bonchev–Trinajstić information content (AvgIpc) is 3.03. The monoisotopic (exact) mass is 376 g/mol. The number of thioether (sulfide) groups is 1. The van der Waals surface area contributed by atoms with Crippen molar-refractivity contribution in [3.05, 3.63) is 53.3 Å². The molecule has 6 nitrogen and oxygen atoms in total. The summed E-state index contributed by atoms with van der Waals surface area (Å²) in [6, 6.07) is 9.12. The third-order valence-corrected chi connectivity index (χ3v) is 5.36. The van der Waals surface area contributed by atoms with E-state index in [1.807, 2.05) is 6.07 Å². The van der Waals surface area contributed by atoms with E-state index in [1.165, 1.54) is 31.0 Å². The molecule has 26 heavy (non-hydrogen) atoms. The SMILES string of the molecule is COc1ccc(C(Oc2ccc3c(c2)SC(C(=N)N)C3)C(=O)O)cc1F. The van der Waals surface area contributed by atoms with Gasteiger partial charge in [0.25, 0.3) is 0 Å². The molecule has 0 saturated heterocycles. The number of rotatable bonds is 6. The largest absolute Gasteiger partial charge is 0.494 e. The third kappa shape index (κ3) is 3.60. The fourth-order valence-corrected chi connectivity index (χ4v) is 3.88. The summed E-state index contributed by atoms with van der Waals surface area (Å²) in [7, 11) is 1.33. The lowest BCUT2D eigenvalue weighted by atomic mass is 10.1. The molecule has 0 aromatic heterocycles. The molecule has 0 radical (unpaired) electrons. The van der Waals surface area contributed by atoms with Crippen LogP contribution in [0.2, 0.25) is 0 Å². The summed E-state index contributed by atoms with van der Waals surface area (Å²) in [6.45, 7) is 0. The van der Waals surface area contributed by atoms with Gasteiger partial charge < -0.3 is 20.3 Å². The maximum absolute atomic E-state index is 13.9. The van der Waals surface area contributed by atoms with Crippen molar-refractivity contribution in [2.24, 2.45) is 5.73 Å². The number of nitrogens with one attached hydrogen (secondary N) is 1. The number of carbonyl (C=O) groups is 1. The van der Waals surface area contributed by atoms with Crippen LogP contribution in [-0.2, 0) is 11.2 Å². The van der Waals surface area contributed by atoms with E-state index in [9.17, 15) is 14.3 Å². The third-order valence-electron chi connectivity index (χ3n) is 4.02. The molecule has 0 amide bonds. The predicted molar refractivity (Wildman–Crippen MR) is 95.7 cm³/mol. The van der Waals surface area contributed by atoms with Crippen molar-refractivity contribution < 1.29 is 23.8 Å². The quantitative estimate of drug-likeness (QED) is 0.529. The Labute approximate surface area is 153 Å². The minimum absolute atomic E-state index is 0.0297. The van der Waals surface area contributed by atoms with Crippen molar-refractivity contribution in [3.63, 3.8) is 0 Å². The van der Waals surface area contributed by atoms with E-state index in [1.54, 1.807) is 12.1 Å². The molecule has 0 fully saturated rings. The smallest absolute Gasteiger partial charge is 0.349 e. The Bertz CT molecular complexity index is 874. The first kappa shape index (κ1) is 18.1. The van der Waals surface area contributed by atoms with Gasteiger partial charge in [-0.3, -0.25) is 5.41 Å². The van der Waals surface area contributed by atoms with Crippen LogP contribution in [0, 0.1) is 11.2 Å². The second kappa shape index (κ2) is 7.25. The summed E-state index contributed by atoms with van der Waals surface area (Å²) in [5.41, 5.74) is 6.76. The second-order valence-electron chi connectivity index (χ2n) is 5.77. The molecule has 2 atom stereocenters. The molecule has 0 aliphatic carbocycles. The summed E-state index contributed by atoms with van der Waals surface area (Å²) in [5.74, 6) is -1.41. The zero-order valence-electron chi connectivity index (χ0n) is 13.9. The second-order valence-corrected chi connectivity index (χ2v) is 7.01. The lowest BCUT2D eigenvalue weighted by Crippen LogP contribution is -2.24. The highest BCUT2D eigenvalue weighted by atomic mass is 32.2. The number of benzene rings is 2. The molecular formula is C18H17FN2O4S. The van der Waals surface area contributed by atoms with Crippen LogP contribution in [0.1, 0.15) is 17.2 Å². The van der Waals surface area contributed by atoms with Crippen LogP contribution in [0.3, 0.4) is 0 Å². The Hall–Kier alpha value is -2.74. The van der Waals surface area contributed by atoms with Gasteiger partial charge in [0.15, 0.2) is 11.6 Å². The zero-order chi connectivity index (χ0) is 18.8. The molecule has 1 heterocycles. The highest BCUT2D eigenvalue weighted by Crippen LogP contribution is 2.39. The van der Waals surface area contributed by atoms with Gasteiger partial charge in [0.1, 0.15) is 11.6 Å². The molecule has 136 valence electrons. The molecule has 3 rings (SSSR count). The Morgan fingerprint density at radius 3 is 2.77 bits per heavy atom. The molecule has 2 unspecified atom stereocenters. The minimum atomic E-state index is -1.36. The van der Waals surface area contributed by atoms with E-state index in [-0.39, 0.29) is 22.4 Å². The first-order valence-corrected chi connectivity index (χ1v) is 8.63. The van der Waals surface area contributed by atoms with Gasteiger partial charge in [0, 0.05) is 10.5 Å². The first-order chi connectivity index (χ1) is 12.4. The number of hydrogen-bond donors (Lipinski definition) is 3. The minimum Gasteiger partial charge on any atom is -0.494 e. The predicted octanol–water partition coefficient (Wildman–Crippen LogP) is 2.99. The Morgan fingerprint density at radius 1 is 1.38 bits per heavy atom. The van der Waals surface area contributed by atoms with Gasteiger partial charge >= 0.3 is 5.97 Å². The maximum atomic E-state index is 13.9. The molecule has 2 aromatic carbocycles. The van der Waals surface area contributed by atoms with Gasteiger partial charge in [-0.1, -0.05) is 12.1 Å². The van der Waals surface area contributed by atoms with Gasteiger partial charge in [-0.2, -0.15) is 0 Å². The Balaban J connectivity index is 1.84. The van der Waals surface area contributed by atoms with E-state index in [2.05, 4.69) is 0 Å². The lowest BCUT2D eigenvalue weighted by Gasteiger charge is -2.17. The van der Waals surface area contributed by atoms with Gasteiger partial charge in [-0.05, 0) is 36.2 Å². The van der Waals surface area contributed by atoms with Crippen molar-refractivity contribution in [1.82, 2.24) is 0 Å². The van der Waals surface area contributed by atoms with Crippen LogP contribution in [-0.4, -0.2) is 29.3 Å². The number of carboxylic acid groups (broad SMARTS) is 1. The maximum Gasteiger partial charge on any atom is 0.349 e. The Kier molecular flexibility index (Phi) is 5.03. The molecule has 4 N–H and O–H groups in total. The van der Waals surface area contributed by atoms with Crippen molar-refractivity contribution >= 4 is 23.6 Å². The number of methoxy groups -OCH3 is 1. The molecule has 0 saturated carbocycles. The average molecular weight is 376 g/mol. The Morgan fingerprint density at radius 2 is 2.15 bits per heavy atom. The van der Waals surface area contributed by atoms with Crippen LogP contribution >= 0.6 is 11.8 Å². The number of ether oxygens (including phenoxy) is 2. The standard InChI is InChI=1S/C18H17FN2O4S/c1-24-13-5-3-10(6-12(13)19)16(18(22)23)25-11-4-2-9-7-15(17(20)21)26-14(9)8-11/h2-6,8,15-16H,7H2,1H3,(H3,20,21)(H,22,23). The van der Waals surface area contributed by atoms with Gasteiger partial charge in [0.05, 0.1) is 12.4 Å². The van der Waals surface area contributed by atoms with Crippen LogP contribution in [0.25, 0.3) is 0 Å². The summed E-state index contributed by atoms with van der Waals surface area (Å²) < 4.78 is 24.4. The van der Waals surface area contributed by atoms with Crippen molar-refractivity contribution in [2.45, 2.75) is 22.7 Å². The highest BCUT2D eigenvalue weighted by Gasteiger charge is 2.27. The van der Waals surface area contributed by atoms with E-state index in [0.717, 1.165) is 16.5 Å². The number of fused-ring (bicyclic) bond motifs is 1. The number of carboxylic acids is 1. The lowest BCUT2D eigenvalue weighted by molar-refractivity contribution is -0.145. The van der Waals surface area contributed by atoms with Crippen LogP contribution in [0.4, 0.5) is 4.39 Å². The van der Waals surface area contributed by atoms with Crippen molar-refractivity contribution in [3.8, 4) is 11.5 Å². The van der Waals surface area contributed by atoms with Gasteiger partial charge in [-0.25, -0.2) is 9.18 Å². The number of amidine groups is 1. The molecule has 1 aliphatic rings. The fourth-order valence-electron chi connectivity index (χ4n) is 2.70. The van der Waals surface area contributed by atoms with E-state index in [0.29, 0.717) is 12.2 Å². The van der Waals surface area contributed by atoms with E-state index in [4.69, 9.17) is 20.6 Å². The first-order valence-electron chi connectivity index (χ1n) is 7.75. The molecule has 0 bridgehead atoms. The fraction of sp³-hybridized carbons (Fsp3) is 0.222. The normalized spacial score (nSPS) is 16.6. The molecular weight excluding hydrogens is 359 g/mol. The van der Waals surface area contributed by atoms with Gasteiger partial charge in [-0.15, -0.1) is 11.8 Å². The molecule has 1 aliphatic heterocycles. The van der Waals surface area contributed by atoms with Crippen molar-refractivity contribution in [2.75, 3.05) is 7.11 Å². The zero-order valence-corrected chi connectivity index (χ0v) is 14.7. The summed E-state index contributed by atoms with van der Waals surface area (Å²) in [4.78, 5) is 12.5. The van der Waals surface area contributed by atoms with Gasteiger partial charge in [0.2, 0.25) is 6.10 Å². The summed E-state index contributed by atoms with van der Waals surface area (Å²) in [5, 5.41) is 16.9. The van der Waals surface area contributed by atoms with Crippen LogP contribution in [0.15, 0.2) is 41.3 Å². The molecule has 8 heteroatoms. The summed E-state index contributed by atoms with van der Waals surface area (Å²) >= 11 is 1.44. The number of halogens is 1. The molecule has 0 spiro atoms. The van der Waals surface area contributed by atoms with E-state index >= 15 is 0 Å². The number of aliphatic carboxylic acids is 1. The number of hydrogen-bond acceptors (Lipinski definition) is 5. The van der Waals surface area contributed by atoms with E-state index < -0.39 is 17.9 Å². The summed E-state index contributed by atoms with van der Waals surface area (Å²) in [6.07, 6.45) is -0.703. The van der Waals surface area contributed by atoms with Crippen LogP contribution in [0.5, 0.6) is 11.5 Å². The number of nitrogens with two attached hydrogens (primary N) is 1. The molecule has 2 aromatic rings. The topological polar surface area (TPSA) is 106 Å². The van der Waals surface area contributed by atoms with Crippen LogP contribution < -0.4 is 15.2 Å².